The highest BCUT2D eigenvalue weighted by atomic mass is 19.4. The number of alkyl halides is 3. The largest absolute Gasteiger partial charge is 0.416 e. The fourth-order valence-electron chi connectivity index (χ4n) is 5.04. The molecule has 38 heavy (non-hydrogen) atoms. The van der Waals surface area contributed by atoms with E-state index in [1.54, 1.807) is 6.07 Å². The lowest BCUT2D eigenvalue weighted by atomic mass is 9.96. The normalized spacial score (nSPS) is 15.3. The lowest BCUT2D eigenvalue weighted by Gasteiger charge is -2.23. The highest BCUT2D eigenvalue weighted by Gasteiger charge is 2.32. The molecule has 4 aromatic rings. The van der Waals surface area contributed by atoms with Gasteiger partial charge in [0.2, 0.25) is 17.8 Å². The molecule has 198 valence electrons. The van der Waals surface area contributed by atoms with Crippen molar-refractivity contribution < 1.29 is 13.2 Å². The monoisotopic (exact) mass is 520 g/mol. The fourth-order valence-corrected chi connectivity index (χ4v) is 5.04. The van der Waals surface area contributed by atoms with Gasteiger partial charge in [-0.25, -0.2) is 0 Å². The summed E-state index contributed by atoms with van der Waals surface area (Å²) in [5, 5.41) is 12.1. The van der Waals surface area contributed by atoms with Crippen LogP contribution in [0.1, 0.15) is 61.8 Å². The predicted octanol–water partition coefficient (Wildman–Crippen LogP) is 7.57. The van der Waals surface area contributed by atoms with E-state index in [0.717, 1.165) is 48.1 Å². The molecule has 6 nitrogen and oxygen atoms in total. The van der Waals surface area contributed by atoms with Crippen LogP contribution >= 0.6 is 0 Å². The molecule has 1 saturated carbocycles. The van der Waals surface area contributed by atoms with Gasteiger partial charge in [-0.1, -0.05) is 79.9 Å². The first-order valence-electron chi connectivity index (χ1n) is 13.0. The Hall–Kier alpha value is -3.88. The molecule has 5 rings (SSSR count). The molecule has 0 spiro atoms. The second-order valence-corrected chi connectivity index (χ2v) is 9.73. The molecule has 1 aromatic heterocycles. The number of nitrogens with one attached hydrogen (secondary N) is 3. The van der Waals surface area contributed by atoms with Crippen LogP contribution in [-0.4, -0.2) is 21.0 Å². The number of hydrogen-bond donors (Lipinski definition) is 3. The summed E-state index contributed by atoms with van der Waals surface area (Å²) in [5.74, 6) is 0.972. The second kappa shape index (κ2) is 11.2. The Morgan fingerprint density at radius 3 is 2.32 bits per heavy atom. The molecular weight excluding hydrogens is 489 g/mol. The Morgan fingerprint density at radius 1 is 0.816 bits per heavy atom. The lowest BCUT2D eigenvalue weighted by Crippen LogP contribution is -2.24. The van der Waals surface area contributed by atoms with Crippen molar-refractivity contribution in [1.29, 1.82) is 0 Å². The van der Waals surface area contributed by atoms with Crippen molar-refractivity contribution in [2.75, 3.05) is 16.0 Å². The molecular formula is C29H31F3N6. The summed E-state index contributed by atoms with van der Waals surface area (Å²) in [7, 11) is 0. The first-order valence-corrected chi connectivity index (χ1v) is 13.0. The zero-order valence-electron chi connectivity index (χ0n) is 21.2. The van der Waals surface area contributed by atoms with Crippen molar-refractivity contribution in [3.63, 3.8) is 0 Å². The van der Waals surface area contributed by atoms with Crippen LogP contribution in [-0.2, 0) is 12.7 Å². The Bertz CT molecular complexity index is 1380. The van der Waals surface area contributed by atoms with Crippen LogP contribution in [0.5, 0.6) is 0 Å². The Balaban J connectivity index is 1.41. The molecule has 9 heteroatoms. The van der Waals surface area contributed by atoms with Crippen LogP contribution < -0.4 is 16.0 Å². The standard InChI is InChI=1S/C29H31F3N6/c1-19(23-16-9-12-20-10-5-7-15-24(20)23)34-27-36-26(37-28(38-27)35-22-13-3-2-4-14-22)33-18-21-11-6-8-17-25(21)29(30,31)32/h5-12,15-17,19,22H,2-4,13-14,18H2,1H3,(H3,33,34,35,36,37,38)/t19-/m0/s1. The summed E-state index contributed by atoms with van der Waals surface area (Å²) in [6.07, 6.45) is 1.13. The van der Waals surface area contributed by atoms with Gasteiger partial charge in [-0.3, -0.25) is 0 Å². The zero-order chi connectivity index (χ0) is 26.5. The average molecular weight is 521 g/mol. The third kappa shape index (κ3) is 6.15. The van der Waals surface area contributed by atoms with Gasteiger partial charge in [-0.05, 0) is 47.7 Å². The molecule has 3 N–H and O–H groups in total. The quantitative estimate of drug-likeness (QED) is 0.222. The van der Waals surface area contributed by atoms with E-state index in [0.29, 0.717) is 11.9 Å². The molecule has 1 heterocycles. The molecule has 1 aliphatic carbocycles. The number of nitrogens with zero attached hydrogens (tertiary/aromatic N) is 3. The minimum atomic E-state index is -4.44. The van der Waals surface area contributed by atoms with Gasteiger partial charge in [0.1, 0.15) is 0 Å². The highest BCUT2D eigenvalue weighted by Crippen LogP contribution is 2.32. The van der Waals surface area contributed by atoms with Gasteiger partial charge in [0.15, 0.2) is 0 Å². The Labute approximate surface area is 220 Å². The maximum Gasteiger partial charge on any atom is 0.416 e. The predicted molar refractivity (Wildman–Crippen MR) is 145 cm³/mol. The number of halogens is 3. The first-order chi connectivity index (χ1) is 18.4. The number of rotatable bonds is 8. The smallest absolute Gasteiger partial charge is 0.351 e. The third-order valence-corrected chi connectivity index (χ3v) is 6.97. The molecule has 0 aliphatic heterocycles. The summed E-state index contributed by atoms with van der Waals surface area (Å²) in [5.41, 5.74) is 0.546. The number of hydrogen-bond acceptors (Lipinski definition) is 6. The Morgan fingerprint density at radius 2 is 1.50 bits per heavy atom. The number of benzene rings is 3. The van der Waals surface area contributed by atoms with Crippen LogP contribution in [0.3, 0.4) is 0 Å². The fraction of sp³-hybridized carbons (Fsp3) is 0.345. The number of aromatic nitrogens is 3. The van der Waals surface area contributed by atoms with Crippen molar-refractivity contribution in [2.24, 2.45) is 0 Å². The molecule has 0 radical (unpaired) electrons. The van der Waals surface area contributed by atoms with E-state index in [1.807, 2.05) is 25.1 Å². The topological polar surface area (TPSA) is 74.8 Å². The summed E-state index contributed by atoms with van der Waals surface area (Å²) >= 11 is 0. The van der Waals surface area contributed by atoms with Crippen LogP contribution in [0.4, 0.5) is 31.0 Å². The third-order valence-electron chi connectivity index (χ3n) is 6.97. The molecule has 0 saturated heterocycles. The van der Waals surface area contributed by atoms with Crippen molar-refractivity contribution in [3.8, 4) is 0 Å². The van der Waals surface area contributed by atoms with Gasteiger partial charge in [0.25, 0.3) is 0 Å². The highest BCUT2D eigenvalue weighted by molar-refractivity contribution is 5.86. The number of fused-ring (bicyclic) bond motifs is 1. The van der Waals surface area contributed by atoms with E-state index in [9.17, 15) is 13.2 Å². The van der Waals surface area contributed by atoms with E-state index < -0.39 is 11.7 Å². The molecule has 0 amide bonds. The molecule has 1 fully saturated rings. The SMILES string of the molecule is C[C@H](Nc1nc(NCc2ccccc2C(F)(F)F)nc(NC2CCCCC2)n1)c1cccc2ccccc12. The first kappa shape index (κ1) is 25.8. The van der Waals surface area contributed by atoms with Crippen molar-refractivity contribution in [3.05, 3.63) is 83.4 Å². The summed E-state index contributed by atoms with van der Waals surface area (Å²) in [6.45, 7) is 1.97. The maximum absolute atomic E-state index is 13.5. The van der Waals surface area contributed by atoms with Crippen LogP contribution in [0.2, 0.25) is 0 Å². The summed E-state index contributed by atoms with van der Waals surface area (Å²) in [6, 6.07) is 20.0. The summed E-state index contributed by atoms with van der Waals surface area (Å²) in [4.78, 5) is 13.6. The van der Waals surface area contributed by atoms with Crippen molar-refractivity contribution in [2.45, 2.75) is 63.8 Å². The average Bonchev–Trinajstić information content (AvgIpc) is 2.91. The van der Waals surface area contributed by atoms with E-state index in [-0.39, 0.29) is 30.1 Å². The molecule has 0 bridgehead atoms. The second-order valence-electron chi connectivity index (χ2n) is 9.73. The van der Waals surface area contributed by atoms with E-state index >= 15 is 0 Å². The minimum Gasteiger partial charge on any atom is -0.351 e. The van der Waals surface area contributed by atoms with Crippen LogP contribution in [0, 0.1) is 0 Å². The Kier molecular flexibility index (Phi) is 7.62. The van der Waals surface area contributed by atoms with Crippen molar-refractivity contribution >= 4 is 28.6 Å². The van der Waals surface area contributed by atoms with Crippen LogP contribution in [0.25, 0.3) is 10.8 Å². The maximum atomic E-state index is 13.5. The summed E-state index contributed by atoms with van der Waals surface area (Å²) < 4.78 is 40.5. The lowest BCUT2D eigenvalue weighted by molar-refractivity contribution is -0.138. The van der Waals surface area contributed by atoms with Crippen LogP contribution in [0.15, 0.2) is 66.7 Å². The van der Waals surface area contributed by atoms with Gasteiger partial charge in [0, 0.05) is 12.6 Å². The molecule has 1 atom stereocenters. The van der Waals surface area contributed by atoms with Gasteiger partial charge < -0.3 is 16.0 Å². The van der Waals surface area contributed by atoms with Gasteiger partial charge >= 0.3 is 6.18 Å². The zero-order valence-corrected chi connectivity index (χ0v) is 21.2. The van der Waals surface area contributed by atoms with Gasteiger partial charge in [0.05, 0.1) is 11.6 Å². The minimum absolute atomic E-state index is 0.0686. The van der Waals surface area contributed by atoms with Crippen molar-refractivity contribution in [1.82, 2.24) is 15.0 Å². The van der Waals surface area contributed by atoms with Gasteiger partial charge in [-0.15, -0.1) is 0 Å². The van der Waals surface area contributed by atoms with E-state index in [4.69, 9.17) is 0 Å². The number of anilines is 3. The molecule has 1 aliphatic rings. The molecule has 3 aromatic carbocycles. The van der Waals surface area contributed by atoms with E-state index in [1.165, 1.54) is 18.6 Å². The van der Waals surface area contributed by atoms with E-state index in [2.05, 4.69) is 55.2 Å². The van der Waals surface area contributed by atoms with Gasteiger partial charge in [-0.2, -0.15) is 28.1 Å². The molecule has 0 unspecified atom stereocenters.